The Morgan fingerprint density at radius 3 is 2.43 bits per heavy atom. The van der Waals surface area contributed by atoms with Gasteiger partial charge in [-0.15, -0.1) is 11.3 Å². The molecule has 0 amide bonds. The van der Waals surface area contributed by atoms with E-state index in [9.17, 15) is 20.2 Å². The maximum absolute atomic E-state index is 10.9. The molecule has 1 aromatic heterocycles. The molecular formula is C13H7N3O4S3. The summed E-state index contributed by atoms with van der Waals surface area (Å²) in [6, 6.07) is 12.2. The molecule has 0 aliphatic carbocycles. The van der Waals surface area contributed by atoms with Gasteiger partial charge in [0, 0.05) is 5.56 Å². The molecule has 1 heterocycles. The summed E-state index contributed by atoms with van der Waals surface area (Å²) in [5.41, 5.74) is 1.41. The molecule has 0 aliphatic rings. The van der Waals surface area contributed by atoms with Crippen molar-refractivity contribution in [3.05, 3.63) is 62.7 Å². The maximum Gasteiger partial charge on any atom is 0.266 e. The van der Waals surface area contributed by atoms with Gasteiger partial charge in [0.2, 0.25) is 0 Å². The van der Waals surface area contributed by atoms with Crippen LogP contribution in [0.3, 0.4) is 0 Å². The Bertz CT molecular complexity index is 879. The van der Waals surface area contributed by atoms with E-state index in [-0.39, 0.29) is 0 Å². The number of para-hydroxylation sites is 1. The van der Waals surface area contributed by atoms with Gasteiger partial charge < -0.3 is 0 Å². The van der Waals surface area contributed by atoms with Crippen LogP contribution in [0.1, 0.15) is 0 Å². The highest BCUT2D eigenvalue weighted by atomic mass is 32.2. The Labute approximate surface area is 142 Å². The summed E-state index contributed by atoms with van der Waals surface area (Å²) in [7, 11) is 0. The van der Waals surface area contributed by atoms with Crippen LogP contribution in [0.4, 0.5) is 0 Å². The third kappa shape index (κ3) is 3.60. The molecule has 0 bridgehead atoms. The molecule has 0 saturated heterocycles. The van der Waals surface area contributed by atoms with E-state index in [2.05, 4.69) is 4.98 Å². The smallest absolute Gasteiger partial charge is 0.250 e. The molecule has 0 fully saturated rings. The van der Waals surface area contributed by atoms with Crippen molar-refractivity contribution in [2.45, 2.75) is 9.79 Å². The molecule has 7 nitrogen and oxygen atoms in total. The largest absolute Gasteiger partial charge is 0.266 e. The number of thiazole rings is 1. The Morgan fingerprint density at radius 2 is 1.74 bits per heavy atom. The Hall–Kier alpha value is -2.17. The Balaban J connectivity index is 2.09. The maximum atomic E-state index is 10.9. The molecule has 116 valence electrons. The van der Waals surface area contributed by atoms with Crippen LogP contribution in [-0.4, -0.2) is 13.6 Å². The summed E-state index contributed by atoms with van der Waals surface area (Å²) >= 11 is 2.27. The minimum absolute atomic E-state index is 0.334. The van der Waals surface area contributed by atoms with Crippen molar-refractivity contribution in [2.75, 3.05) is 0 Å². The molecule has 0 N–H and O–H groups in total. The zero-order valence-electron chi connectivity index (χ0n) is 11.2. The summed E-state index contributed by atoms with van der Waals surface area (Å²) in [4.78, 5) is 26.6. The molecule has 0 saturated carbocycles. The predicted molar refractivity (Wildman–Crippen MR) is 90.8 cm³/mol. The zero-order valence-corrected chi connectivity index (χ0v) is 13.7. The van der Waals surface area contributed by atoms with E-state index in [0.717, 1.165) is 10.2 Å². The minimum atomic E-state index is -0.548. The normalized spacial score (nSPS) is 10.8. The van der Waals surface area contributed by atoms with Crippen LogP contribution < -0.4 is 0 Å². The molecule has 0 spiro atoms. The van der Waals surface area contributed by atoms with Crippen LogP contribution >= 0.6 is 35.2 Å². The lowest BCUT2D eigenvalue weighted by molar-refractivity contribution is -0.284. The number of fused-ring (bicyclic) bond motifs is 1. The third-order valence-corrected chi connectivity index (χ3v) is 5.20. The molecule has 10 heteroatoms. The van der Waals surface area contributed by atoms with Gasteiger partial charge in [0.25, 0.3) is 23.9 Å². The number of benzene rings is 2. The molecular weight excluding hydrogens is 358 g/mol. The minimum Gasteiger partial charge on any atom is -0.250 e. The standard InChI is InChI=1S/C13H7N3O4S3/c17-15(18)22-8-5-6-9(12(7-8)23-16(19)20)13-14-10-3-1-2-4-11(10)21-13/h1-7H. The lowest BCUT2D eigenvalue weighted by atomic mass is 10.2. The monoisotopic (exact) mass is 365 g/mol. The van der Waals surface area contributed by atoms with Crippen LogP contribution in [0, 0.1) is 20.2 Å². The fourth-order valence-corrected chi connectivity index (χ4v) is 4.18. The molecule has 3 rings (SSSR count). The van der Waals surface area contributed by atoms with E-state index in [4.69, 9.17) is 0 Å². The number of nitrogens with zero attached hydrogens (tertiary/aromatic N) is 3. The second kappa shape index (κ2) is 6.52. The van der Waals surface area contributed by atoms with Gasteiger partial charge in [0.05, 0.1) is 20.0 Å². The average Bonchev–Trinajstić information content (AvgIpc) is 2.89. The van der Waals surface area contributed by atoms with Crippen LogP contribution in [0.2, 0.25) is 0 Å². The average molecular weight is 365 g/mol. The van der Waals surface area contributed by atoms with Crippen LogP contribution in [0.5, 0.6) is 0 Å². The summed E-state index contributed by atoms with van der Waals surface area (Å²) in [6.45, 7) is 0. The van der Waals surface area contributed by atoms with E-state index < -0.39 is 8.66 Å². The lowest BCUT2D eigenvalue weighted by Crippen LogP contribution is -1.90. The zero-order chi connectivity index (χ0) is 16.4. The first-order valence-corrected chi connectivity index (χ1v) is 8.54. The number of hydrogen-bond acceptors (Lipinski definition) is 8. The highest BCUT2D eigenvalue weighted by Crippen LogP contribution is 2.38. The Kier molecular flexibility index (Phi) is 4.46. The first-order chi connectivity index (χ1) is 11.0. The summed E-state index contributed by atoms with van der Waals surface area (Å²) in [5, 5.41) is 22.1. The van der Waals surface area contributed by atoms with E-state index >= 15 is 0 Å². The van der Waals surface area contributed by atoms with E-state index in [1.54, 1.807) is 12.1 Å². The van der Waals surface area contributed by atoms with Crippen LogP contribution in [0.15, 0.2) is 52.3 Å². The lowest BCUT2D eigenvalue weighted by Gasteiger charge is -2.02. The topological polar surface area (TPSA) is 99.2 Å². The van der Waals surface area contributed by atoms with Crippen molar-refractivity contribution < 1.29 is 8.66 Å². The van der Waals surface area contributed by atoms with Gasteiger partial charge in [-0.25, -0.2) is 4.98 Å². The SMILES string of the molecule is O=[N+]([O-])Sc1ccc(-c2nc3ccccc3s2)c(S[N+](=O)[O-])c1. The highest BCUT2D eigenvalue weighted by molar-refractivity contribution is 7.94. The quantitative estimate of drug-likeness (QED) is 0.372. The summed E-state index contributed by atoms with van der Waals surface area (Å²) < 4.78 is -0.108. The van der Waals surface area contributed by atoms with Crippen molar-refractivity contribution in [3.63, 3.8) is 0 Å². The molecule has 3 aromatic rings. The number of hydrogen-bond donors (Lipinski definition) is 0. The molecule has 2 aromatic carbocycles. The van der Waals surface area contributed by atoms with E-state index in [0.29, 0.717) is 44.3 Å². The highest BCUT2D eigenvalue weighted by Gasteiger charge is 2.19. The summed E-state index contributed by atoms with van der Waals surface area (Å²) in [5.74, 6) is 0. The van der Waals surface area contributed by atoms with Crippen LogP contribution in [0.25, 0.3) is 20.8 Å². The fourth-order valence-electron chi connectivity index (χ4n) is 1.97. The third-order valence-electron chi connectivity index (χ3n) is 2.83. The van der Waals surface area contributed by atoms with Crippen molar-refractivity contribution in [2.24, 2.45) is 0 Å². The fraction of sp³-hybridized carbons (Fsp3) is 0. The predicted octanol–water partition coefficient (Wildman–Crippen LogP) is 4.53. The van der Waals surface area contributed by atoms with Gasteiger partial charge in [-0.1, -0.05) is 12.1 Å². The molecule has 0 aliphatic heterocycles. The summed E-state index contributed by atoms with van der Waals surface area (Å²) in [6.07, 6.45) is 0. The first kappa shape index (κ1) is 15.7. The van der Waals surface area contributed by atoms with Crippen LogP contribution in [-0.2, 0) is 0 Å². The van der Waals surface area contributed by atoms with Gasteiger partial charge in [-0.3, -0.25) is 20.2 Å². The van der Waals surface area contributed by atoms with Crippen molar-refractivity contribution in [1.82, 2.24) is 4.98 Å². The number of aromatic nitrogens is 1. The molecule has 0 unspecified atom stereocenters. The molecule has 0 radical (unpaired) electrons. The number of rotatable bonds is 5. The van der Waals surface area contributed by atoms with Gasteiger partial charge in [0.15, 0.2) is 0 Å². The number of nitro groups is 2. The van der Waals surface area contributed by atoms with Gasteiger partial charge in [-0.05, 0) is 30.3 Å². The second-order valence-electron chi connectivity index (χ2n) is 4.27. The van der Waals surface area contributed by atoms with Crippen molar-refractivity contribution in [3.8, 4) is 10.6 Å². The van der Waals surface area contributed by atoms with Crippen molar-refractivity contribution >= 4 is 45.4 Å². The van der Waals surface area contributed by atoms with E-state index in [1.165, 1.54) is 17.4 Å². The van der Waals surface area contributed by atoms with E-state index in [1.807, 2.05) is 24.3 Å². The first-order valence-electron chi connectivity index (χ1n) is 6.17. The van der Waals surface area contributed by atoms with Crippen molar-refractivity contribution in [1.29, 1.82) is 0 Å². The molecule has 0 atom stereocenters. The van der Waals surface area contributed by atoms with Gasteiger partial charge in [0.1, 0.15) is 13.7 Å². The second-order valence-corrected chi connectivity index (χ2v) is 7.18. The Morgan fingerprint density at radius 1 is 1.00 bits per heavy atom. The van der Waals surface area contributed by atoms with Gasteiger partial charge in [-0.2, -0.15) is 0 Å². The van der Waals surface area contributed by atoms with Gasteiger partial charge >= 0.3 is 0 Å². The molecule has 23 heavy (non-hydrogen) atoms.